The maximum absolute atomic E-state index is 5.70. The van der Waals surface area contributed by atoms with Gasteiger partial charge in [-0.1, -0.05) is 0 Å². The zero-order chi connectivity index (χ0) is 12.8. The molecular weight excluding hydrogens is 224 g/mol. The fraction of sp³-hybridized carbons (Fsp3) is 1.00. The van der Waals surface area contributed by atoms with Gasteiger partial charge in [0.25, 0.3) is 0 Å². The molecule has 0 aliphatic heterocycles. The van der Waals surface area contributed by atoms with E-state index in [4.69, 9.17) is 23.7 Å². The molecule has 0 aromatic carbocycles. The van der Waals surface area contributed by atoms with Crippen LogP contribution in [0.25, 0.3) is 0 Å². The van der Waals surface area contributed by atoms with E-state index in [1.165, 1.54) is 0 Å². The average molecular weight is 250 g/mol. The molecule has 5 heteroatoms. The normalized spacial score (nSPS) is 11.3. The van der Waals surface area contributed by atoms with Gasteiger partial charge in [0.05, 0.1) is 32.5 Å². The maximum Gasteiger partial charge on any atom is 0.0704 e. The molecule has 0 saturated heterocycles. The first kappa shape index (κ1) is 16.8. The number of hydrogen-bond donors (Lipinski definition) is 0. The molecule has 0 saturated carbocycles. The highest BCUT2D eigenvalue weighted by Gasteiger charge is 2.08. The van der Waals surface area contributed by atoms with E-state index in [0.29, 0.717) is 39.6 Å². The number of rotatable bonds is 13. The third kappa shape index (κ3) is 12.1. The third-order valence-corrected chi connectivity index (χ3v) is 2.30. The lowest BCUT2D eigenvalue weighted by Gasteiger charge is -2.17. The van der Waals surface area contributed by atoms with E-state index in [0.717, 1.165) is 12.8 Å². The standard InChI is InChI=1S/C12H26O5/c1-13-6-4-12(5-7-14-2)17-11-10-16-9-8-15-3/h12H,4-11H2,1-3H3. The predicted molar refractivity (Wildman–Crippen MR) is 65.4 cm³/mol. The van der Waals surface area contributed by atoms with E-state index >= 15 is 0 Å². The predicted octanol–water partition coefficient (Wildman–Crippen LogP) is 1.11. The fourth-order valence-corrected chi connectivity index (χ4v) is 1.33. The summed E-state index contributed by atoms with van der Waals surface area (Å²) in [5.41, 5.74) is 0. The first-order valence-corrected chi connectivity index (χ1v) is 6.01. The van der Waals surface area contributed by atoms with Crippen molar-refractivity contribution in [1.29, 1.82) is 0 Å². The van der Waals surface area contributed by atoms with Crippen molar-refractivity contribution in [2.24, 2.45) is 0 Å². The van der Waals surface area contributed by atoms with Crippen LogP contribution in [0.15, 0.2) is 0 Å². The summed E-state index contributed by atoms with van der Waals surface area (Å²) in [5.74, 6) is 0. The Kier molecular flexibility index (Phi) is 13.7. The lowest BCUT2D eigenvalue weighted by Crippen LogP contribution is -2.20. The molecule has 0 amide bonds. The molecule has 0 atom stereocenters. The summed E-state index contributed by atoms with van der Waals surface area (Å²) < 4.78 is 26.0. The third-order valence-electron chi connectivity index (χ3n) is 2.30. The van der Waals surface area contributed by atoms with Crippen molar-refractivity contribution in [2.45, 2.75) is 18.9 Å². The van der Waals surface area contributed by atoms with Gasteiger partial charge < -0.3 is 23.7 Å². The van der Waals surface area contributed by atoms with E-state index in [-0.39, 0.29) is 6.10 Å². The van der Waals surface area contributed by atoms with E-state index in [9.17, 15) is 0 Å². The van der Waals surface area contributed by atoms with Gasteiger partial charge in [-0.05, 0) is 12.8 Å². The molecular formula is C12H26O5. The first-order valence-electron chi connectivity index (χ1n) is 6.01. The van der Waals surface area contributed by atoms with Crippen LogP contribution in [-0.4, -0.2) is 67.1 Å². The molecule has 0 radical (unpaired) electrons. The minimum absolute atomic E-state index is 0.181. The van der Waals surface area contributed by atoms with E-state index < -0.39 is 0 Å². The molecule has 0 heterocycles. The highest BCUT2D eigenvalue weighted by molar-refractivity contribution is 4.57. The van der Waals surface area contributed by atoms with Crippen LogP contribution < -0.4 is 0 Å². The molecule has 5 nitrogen and oxygen atoms in total. The Balaban J connectivity index is 3.45. The van der Waals surface area contributed by atoms with E-state index in [1.54, 1.807) is 21.3 Å². The summed E-state index contributed by atoms with van der Waals surface area (Å²) in [7, 11) is 5.05. The molecule has 0 N–H and O–H groups in total. The maximum atomic E-state index is 5.70. The molecule has 0 bridgehead atoms. The Morgan fingerprint density at radius 3 is 1.71 bits per heavy atom. The molecule has 0 aromatic heterocycles. The lowest BCUT2D eigenvalue weighted by atomic mass is 10.2. The van der Waals surface area contributed by atoms with E-state index in [1.807, 2.05) is 0 Å². The highest BCUT2D eigenvalue weighted by Crippen LogP contribution is 2.04. The van der Waals surface area contributed by atoms with Crippen molar-refractivity contribution < 1.29 is 23.7 Å². The molecule has 0 rings (SSSR count). The minimum atomic E-state index is 0.181. The van der Waals surface area contributed by atoms with Crippen LogP contribution in [0.4, 0.5) is 0 Å². The molecule has 0 aliphatic rings. The monoisotopic (exact) mass is 250 g/mol. The van der Waals surface area contributed by atoms with Gasteiger partial charge in [0.2, 0.25) is 0 Å². The summed E-state index contributed by atoms with van der Waals surface area (Å²) in [5, 5.41) is 0. The molecule has 0 unspecified atom stereocenters. The number of ether oxygens (including phenoxy) is 5. The Labute approximate surface area is 104 Å². The van der Waals surface area contributed by atoms with Gasteiger partial charge in [-0.15, -0.1) is 0 Å². The summed E-state index contributed by atoms with van der Waals surface area (Å²) in [6, 6.07) is 0. The van der Waals surface area contributed by atoms with Gasteiger partial charge in [-0.2, -0.15) is 0 Å². The Hall–Kier alpha value is -0.200. The van der Waals surface area contributed by atoms with Crippen molar-refractivity contribution in [1.82, 2.24) is 0 Å². The fourth-order valence-electron chi connectivity index (χ4n) is 1.33. The summed E-state index contributed by atoms with van der Waals surface area (Å²) >= 11 is 0. The van der Waals surface area contributed by atoms with Gasteiger partial charge in [0.15, 0.2) is 0 Å². The Morgan fingerprint density at radius 2 is 1.18 bits per heavy atom. The van der Waals surface area contributed by atoms with Crippen LogP contribution in [0.1, 0.15) is 12.8 Å². The second-order valence-corrected chi connectivity index (χ2v) is 3.66. The van der Waals surface area contributed by atoms with Crippen LogP contribution >= 0.6 is 0 Å². The van der Waals surface area contributed by atoms with Crippen LogP contribution in [-0.2, 0) is 23.7 Å². The number of methoxy groups -OCH3 is 3. The quantitative estimate of drug-likeness (QED) is 0.458. The smallest absolute Gasteiger partial charge is 0.0704 e. The molecule has 17 heavy (non-hydrogen) atoms. The van der Waals surface area contributed by atoms with Crippen LogP contribution in [0.3, 0.4) is 0 Å². The zero-order valence-electron chi connectivity index (χ0n) is 11.3. The van der Waals surface area contributed by atoms with Gasteiger partial charge in [-0.25, -0.2) is 0 Å². The minimum Gasteiger partial charge on any atom is -0.385 e. The van der Waals surface area contributed by atoms with Crippen LogP contribution in [0.2, 0.25) is 0 Å². The van der Waals surface area contributed by atoms with Gasteiger partial charge >= 0.3 is 0 Å². The molecule has 0 aliphatic carbocycles. The van der Waals surface area contributed by atoms with Crippen molar-refractivity contribution in [3.63, 3.8) is 0 Å². The van der Waals surface area contributed by atoms with Crippen molar-refractivity contribution >= 4 is 0 Å². The molecule has 104 valence electrons. The topological polar surface area (TPSA) is 46.2 Å². The second-order valence-electron chi connectivity index (χ2n) is 3.66. The second kappa shape index (κ2) is 13.9. The average Bonchev–Trinajstić information content (AvgIpc) is 2.35. The molecule has 0 spiro atoms. The van der Waals surface area contributed by atoms with Crippen LogP contribution in [0.5, 0.6) is 0 Å². The Bertz CT molecular complexity index is 135. The molecule has 0 fully saturated rings. The van der Waals surface area contributed by atoms with Crippen molar-refractivity contribution in [2.75, 3.05) is 61.0 Å². The van der Waals surface area contributed by atoms with Crippen molar-refractivity contribution in [3.05, 3.63) is 0 Å². The highest BCUT2D eigenvalue weighted by atomic mass is 16.5. The van der Waals surface area contributed by atoms with Crippen LogP contribution in [0, 0.1) is 0 Å². The lowest BCUT2D eigenvalue weighted by molar-refractivity contribution is -0.0260. The summed E-state index contributed by atoms with van der Waals surface area (Å²) in [6.45, 7) is 3.84. The SMILES string of the molecule is COCCOCCOC(CCOC)CCOC. The summed E-state index contributed by atoms with van der Waals surface area (Å²) in [6.07, 6.45) is 1.96. The Morgan fingerprint density at radius 1 is 0.647 bits per heavy atom. The first-order chi connectivity index (χ1) is 8.35. The zero-order valence-corrected chi connectivity index (χ0v) is 11.3. The van der Waals surface area contributed by atoms with E-state index in [2.05, 4.69) is 0 Å². The van der Waals surface area contributed by atoms with Gasteiger partial charge in [0.1, 0.15) is 0 Å². The number of hydrogen-bond acceptors (Lipinski definition) is 5. The summed E-state index contributed by atoms with van der Waals surface area (Å²) in [4.78, 5) is 0. The van der Waals surface area contributed by atoms with Gasteiger partial charge in [-0.3, -0.25) is 0 Å². The van der Waals surface area contributed by atoms with Gasteiger partial charge in [0, 0.05) is 34.5 Å². The van der Waals surface area contributed by atoms with Crippen molar-refractivity contribution in [3.8, 4) is 0 Å². The largest absolute Gasteiger partial charge is 0.385 e. The molecule has 0 aromatic rings.